The second-order valence-corrected chi connectivity index (χ2v) is 5.14. The molecule has 5 nitrogen and oxygen atoms in total. The van der Waals surface area contributed by atoms with Crippen molar-refractivity contribution in [2.75, 3.05) is 19.0 Å². The topological polar surface area (TPSA) is 67.4 Å². The van der Waals surface area contributed by atoms with Gasteiger partial charge in [-0.25, -0.2) is 4.39 Å². The maximum Gasteiger partial charge on any atom is 0.255 e. The van der Waals surface area contributed by atoms with E-state index >= 15 is 0 Å². The van der Waals surface area contributed by atoms with Crippen molar-refractivity contribution in [3.63, 3.8) is 0 Å². The molecule has 2 amide bonds. The summed E-state index contributed by atoms with van der Waals surface area (Å²) in [5.74, 6) is -1.06. The van der Waals surface area contributed by atoms with Gasteiger partial charge in [-0.3, -0.25) is 9.59 Å². The van der Waals surface area contributed by atoms with Crippen LogP contribution in [0.15, 0.2) is 36.4 Å². The smallest absolute Gasteiger partial charge is 0.255 e. The zero-order chi connectivity index (χ0) is 16.4. The van der Waals surface area contributed by atoms with E-state index in [4.69, 9.17) is 4.74 Å². The number of rotatable bonds is 3. The number of halogens is 1. The van der Waals surface area contributed by atoms with Crippen molar-refractivity contribution in [1.29, 1.82) is 0 Å². The van der Waals surface area contributed by atoms with Gasteiger partial charge in [0.1, 0.15) is 0 Å². The first-order valence-corrected chi connectivity index (χ1v) is 7.15. The van der Waals surface area contributed by atoms with Crippen molar-refractivity contribution in [2.24, 2.45) is 0 Å². The van der Waals surface area contributed by atoms with Crippen LogP contribution in [0.5, 0.6) is 5.75 Å². The van der Waals surface area contributed by atoms with E-state index in [0.717, 1.165) is 5.56 Å². The summed E-state index contributed by atoms with van der Waals surface area (Å²) in [5.41, 5.74) is 2.23. The number of carbonyl (C=O) groups is 2. The number of nitrogens with one attached hydrogen (secondary N) is 2. The minimum absolute atomic E-state index is 0.00659. The van der Waals surface area contributed by atoms with Gasteiger partial charge in [0.25, 0.3) is 11.8 Å². The Labute approximate surface area is 132 Å². The fraction of sp³-hybridized carbons (Fsp3) is 0.176. The van der Waals surface area contributed by atoms with E-state index in [1.165, 1.54) is 25.3 Å². The molecule has 0 radical (unpaired) electrons. The van der Waals surface area contributed by atoms with Crippen molar-refractivity contribution in [2.45, 2.75) is 6.42 Å². The first-order valence-electron chi connectivity index (χ1n) is 7.15. The molecule has 0 atom stereocenters. The molecule has 2 aromatic carbocycles. The van der Waals surface area contributed by atoms with E-state index in [2.05, 4.69) is 10.6 Å². The SMILES string of the molecule is COc1cc(C(=O)Nc2cccc3c2CCNC3=O)ccc1F. The van der Waals surface area contributed by atoms with Crippen LogP contribution in [0, 0.1) is 5.82 Å². The summed E-state index contributed by atoms with van der Waals surface area (Å²) in [6, 6.07) is 9.09. The van der Waals surface area contributed by atoms with Crippen LogP contribution in [-0.2, 0) is 6.42 Å². The minimum atomic E-state index is -0.530. The molecule has 0 aromatic heterocycles. The van der Waals surface area contributed by atoms with Gasteiger partial charge in [0.2, 0.25) is 0 Å². The molecule has 1 aliphatic heterocycles. The molecule has 2 N–H and O–H groups in total. The Hall–Kier alpha value is -2.89. The van der Waals surface area contributed by atoms with Gasteiger partial charge in [0.15, 0.2) is 11.6 Å². The quantitative estimate of drug-likeness (QED) is 0.914. The lowest BCUT2D eigenvalue weighted by molar-refractivity contribution is 0.0944. The van der Waals surface area contributed by atoms with Gasteiger partial charge in [-0.1, -0.05) is 6.07 Å². The number of anilines is 1. The number of methoxy groups -OCH3 is 1. The van der Waals surface area contributed by atoms with E-state index in [1.54, 1.807) is 18.2 Å². The predicted octanol–water partition coefficient (Wildman–Crippen LogP) is 2.37. The fourth-order valence-electron chi connectivity index (χ4n) is 2.58. The van der Waals surface area contributed by atoms with Gasteiger partial charge >= 0.3 is 0 Å². The van der Waals surface area contributed by atoms with Gasteiger partial charge < -0.3 is 15.4 Å². The molecule has 1 aliphatic rings. The Morgan fingerprint density at radius 1 is 1.30 bits per heavy atom. The van der Waals surface area contributed by atoms with Crippen LogP contribution < -0.4 is 15.4 Å². The molecule has 0 unspecified atom stereocenters. The highest BCUT2D eigenvalue weighted by atomic mass is 19.1. The van der Waals surface area contributed by atoms with Crippen molar-refractivity contribution in [3.05, 3.63) is 58.9 Å². The Morgan fingerprint density at radius 2 is 2.13 bits per heavy atom. The summed E-state index contributed by atoms with van der Waals surface area (Å²) in [7, 11) is 1.34. The molecule has 23 heavy (non-hydrogen) atoms. The Balaban J connectivity index is 1.89. The minimum Gasteiger partial charge on any atom is -0.494 e. The zero-order valence-corrected chi connectivity index (χ0v) is 12.5. The second-order valence-electron chi connectivity index (χ2n) is 5.14. The van der Waals surface area contributed by atoms with Crippen LogP contribution in [-0.4, -0.2) is 25.5 Å². The molecule has 2 aromatic rings. The van der Waals surface area contributed by atoms with Crippen LogP contribution in [0.1, 0.15) is 26.3 Å². The highest BCUT2D eigenvalue weighted by molar-refractivity contribution is 6.06. The van der Waals surface area contributed by atoms with Crippen LogP contribution in [0.2, 0.25) is 0 Å². The molecule has 0 fully saturated rings. The van der Waals surface area contributed by atoms with Crippen LogP contribution in [0.25, 0.3) is 0 Å². The Bertz CT molecular complexity index is 789. The molecular weight excluding hydrogens is 299 g/mol. The number of fused-ring (bicyclic) bond motifs is 1. The van der Waals surface area contributed by atoms with E-state index in [1.807, 2.05) is 0 Å². The largest absolute Gasteiger partial charge is 0.494 e. The fourth-order valence-corrected chi connectivity index (χ4v) is 2.58. The number of amides is 2. The molecule has 3 rings (SSSR count). The number of benzene rings is 2. The van der Waals surface area contributed by atoms with Gasteiger partial charge in [-0.05, 0) is 42.3 Å². The highest BCUT2D eigenvalue weighted by Gasteiger charge is 2.20. The monoisotopic (exact) mass is 314 g/mol. The van der Waals surface area contributed by atoms with E-state index in [-0.39, 0.29) is 23.1 Å². The third-order valence-electron chi connectivity index (χ3n) is 3.74. The molecule has 1 heterocycles. The lowest BCUT2D eigenvalue weighted by atomic mass is 9.98. The van der Waals surface area contributed by atoms with Gasteiger partial charge in [0.05, 0.1) is 7.11 Å². The summed E-state index contributed by atoms with van der Waals surface area (Å²) in [6.07, 6.45) is 0.643. The summed E-state index contributed by atoms with van der Waals surface area (Å²) in [5, 5.41) is 5.54. The number of hydrogen-bond donors (Lipinski definition) is 2. The first-order chi connectivity index (χ1) is 11.1. The highest BCUT2D eigenvalue weighted by Crippen LogP contribution is 2.24. The summed E-state index contributed by atoms with van der Waals surface area (Å²) in [4.78, 5) is 24.2. The van der Waals surface area contributed by atoms with E-state index in [0.29, 0.717) is 24.2 Å². The third kappa shape index (κ3) is 2.88. The van der Waals surface area contributed by atoms with Gasteiger partial charge in [-0.2, -0.15) is 0 Å². The van der Waals surface area contributed by atoms with Gasteiger partial charge in [-0.15, -0.1) is 0 Å². The van der Waals surface area contributed by atoms with Crippen LogP contribution in [0.4, 0.5) is 10.1 Å². The van der Waals surface area contributed by atoms with Crippen LogP contribution >= 0.6 is 0 Å². The van der Waals surface area contributed by atoms with Crippen molar-refractivity contribution < 1.29 is 18.7 Å². The molecule has 0 saturated carbocycles. The average Bonchev–Trinajstić information content (AvgIpc) is 2.56. The normalized spacial score (nSPS) is 13.0. The maximum atomic E-state index is 13.4. The zero-order valence-electron chi connectivity index (χ0n) is 12.5. The Kier molecular flexibility index (Phi) is 3.97. The van der Waals surface area contributed by atoms with Crippen molar-refractivity contribution in [3.8, 4) is 5.75 Å². The third-order valence-corrected chi connectivity index (χ3v) is 3.74. The van der Waals surface area contributed by atoms with Crippen LogP contribution in [0.3, 0.4) is 0 Å². The molecule has 118 valence electrons. The lowest BCUT2D eigenvalue weighted by Crippen LogP contribution is -2.32. The maximum absolute atomic E-state index is 13.4. The lowest BCUT2D eigenvalue weighted by Gasteiger charge is -2.20. The Morgan fingerprint density at radius 3 is 2.91 bits per heavy atom. The van der Waals surface area contributed by atoms with Gasteiger partial charge in [0, 0.05) is 23.4 Å². The molecule has 0 saturated heterocycles. The molecule has 0 aliphatic carbocycles. The second kappa shape index (κ2) is 6.08. The van der Waals surface area contributed by atoms with Crippen molar-refractivity contribution >= 4 is 17.5 Å². The summed E-state index contributed by atoms with van der Waals surface area (Å²) in [6.45, 7) is 0.531. The first kappa shape index (κ1) is 15.0. The van der Waals surface area contributed by atoms with E-state index in [9.17, 15) is 14.0 Å². The summed E-state index contributed by atoms with van der Waals surface area (Å²) < 4.78 is 18.3. The summed E-state index contributed by atoms with van der Waals surface area (Å²) >= 11 is 0. The van der Waals surface area contributed by atoms with E-state index < -0.39 is 5.82 Å². The standard InChI is InChI=1S/C17H15FN2O3/c1-23-15-9-10(5-6-13(15)18)16(21)20-14-4-2-3-12-11(14)7-8-19-17(12)22/h2-6,9H,7-8H2,1H3,(H,19,22)(H,20,21). The molecule has 0 bridgehead atoms. The number of hydrogen-bond acceptors (Lipinski definition) is 3. The number of carbonyl (C=O) groups excluding carboxylic acids is 2. The average molecular weight is 314 g/mol. The molecule has 0 spiro atoms. The molecule has 6 heteroatoms. The predicted molar refractivity (Wildman–Crippen MR) is 83.4 cm³/mol. The molecular formula is C17H15FN2O3. The number of ether oxygens (including phenoxy) is 1. The van der Waals surface area contributed by atoms with Crippen molar-refractivity contribution in [1.82, 2.24) is 5.32 Å².